The molecule has 2 rings (SSSR count). The van der Waals surface area contributed by atoms with Gasteiger partial charge in [-0.15, -0.1) is 11.8 Å². The van der Waals surface area contributed by atoms with Crippen LogP contribution in [-0.4, -0.2) is 10.2 Å². The Balaban J connectivity index is 1.94. The van der Waals surface area contributed by atoms with Crippen LogP contribution in [0, 0.1) is 10.1 Å². The largest absolute Gasteiger partial charge is 0.269 e. The van der Waals surface area contributed by atoms with Gasteiger partial charge in [0.15, 0.2) is 0 Å². The van der Waals surface area contributed by atoms with E-state index in [9.17, 15) is 10.1 Å². The molecule has 90 valence electrons. The molecule has 0 saturated carbocycles. The lowest BCUT2D eigenvalue weighted by Crippen LogP contribution is -2.02. The summed E-state index contributed by atoms with van der Waals surface area (Å²) in [5, 5.41) is 11.2. The second kappa shape index (κ2) is 5.87. The molecule has 1 unspecified atom stereocenters. The van der Waals surface area contributed by atoms with Crippen molar-refractivity contribution in [1.82, 2.24) is 0 Å². The van der Waals surface area contributed by atoms with Crippen molar-refractivity contribution in [2.45, 2.75) is 30.3 Å². The van der Waals surface area contributed by atoms with E-state index >= 15 is 0 Å². The molecule has 0 saturated heterocycles. The number of benzene rings is 1. The zero-order chi connectivity index (χ0) is 12.1. The van der Waals surface area contributed by atoms with Crippen LogP contribution in [0.5, 0.6) is 0 Å². The van der Waals surface area contributed by atoms with Gasteiger partial charge in [-0.3, -0.25) is 10.1 Å². The standard InChI is InChI=1S/C13H15NO2S/c15-14(16)12-6-4-5-11(9-12)10-17-13-7-2-1-3-8-13/h2,4-7,9,13H,1,3,8,10H2. The van der Waals surface area contributed by atoms with Crippen LogP contribution in [0.4, 0.5) is 5.69 Å². The van der Waals surface area contributed by atoms with Gasteiger partial charge in [-0.2, -0.15) is 0 Å². The average molecular weight is 249 g/mol. The molecular weight excluding hydrogens is 234 g/mol. The van der Waals surface area contributed by atoms with Crippen molar-refractivity contribution in [2.24, 2.45) is 0 Å². The summed E-state index contributed by atoms with van der Waals surface area (Å²) in [7, 11) is 0. The molecule has 0 radical (unpaired) electrons. The van der Waals surface area contributed by atoms with Gasteiger partial charge in [-0.05, 0) is 24.8 Å². The third-order valence-electron chi connectivity index (χ3n) is 2.80. The Kier molecular flexibility index (Phi) is 4.20. The molecular formula is C13H15NO2S. The van der Waals surface area contributed by atoms with E-state index in [0.717, 1.165) is 11.3 Å². The smallest absolute Gasteiger partial charge is 0.258 e. The molecule has 1 aliphatic rings. The maximum absolute atomic E-state index is 10.6. The summed E-state index contributed by atoms with van der Waals surface area (Å²) in [6.07, 6.45) is 8.15. The molecule has 1 aromatic carbocycles. The van der Waals surface area contributed by atoms with Gasteiger partial charge in [0.1, 0.15) is 0 Å². The fraction of sp³-hybridized carbons (Fsp3) is 0.385. The summed E-state index contributed by atoms with van der Waals surface area (Å²) in [5.41, 5.74) is 1.21. The average Bonchev–Trinajstić information content (AvgIpc) is 2.38. The molecule has 17 heavy (non-hydrogen) atoms. The molecule has 0 amide bonds. The lowest BCUT2D eigenvalue weighted by molar-refractivity contribution is -0.384. The molecule has 0 bridgehead atoms. The zero-order valence-corrected chi connectivity index (χ0v) is 10.4. The van der Waals surface area contributed by atoms with E-state index in [2.05, 4.69) is 12.2 Å². The summed E-state index contributed by atoms with van der Waals surface area (Å²) in [6, 6.07) is 6.91. The predicted molar refractivity (Wildman–Crippen MR) is 71.2 cm³/mol. The van der Waals surface area contributed by atoms with E-state index in [1.807, 2.05) is 17.8 Å². The Bertz CT molecular complexity index is 431. The first kappa shape index (κ1) is 12.2. The van der Waals surface area contributed by atoms with Gasteiger partial charge in [0.05, 0.1) is 4.92 Å². The number of thioether (sulfide) groups is 1. The van der Waals surface area contributed by atoms with Crippen LogP contribution in [0.25, 0.3) is 0 Å². The first-order valence-electron chi connectivity index (χ1n) is 5.77. The highest BCUT2D eigenvalue weighted by Gasteiger charge is 2.10. The fourth-order valence-electron chi connectivity index (χ4n) is 1.88. The fourth-order valence-corrected chi connectivity index (χ4v) is 3.02. The lowest BCUT2D eigenvalue weighted by Gasteiger charge is -2.15. The van der Waals surface area contributed by atoms with E-state index in [0.29, 0.717) is 5.25 Å². The number of hydrogen-bond acceptors (Lipinski definition) is 3. The van der Waals surface area contributed by atoms with Crippen LogP contribution in [-0.2, 0) is 5.75 Å². The summed E-state index contributed by atoms with van der Waals surface area (Å²) < 4.78 is 0. The number of nitro benzene ring substituents is 1. The third-order valence-corrected chi connectivity index (χ3v) is 4.12. The molecule has 0 N–H and O–H groups in total. The van der Waals surface area contributed by atoms with Crippen LogP contribution in [0.2, 0.25) is 0 Å². The molecule has 0 spiro atoms. The van der Waals surface area contributed by atoms with Gasteiger partial charge in [-0.25, -0.2) is 0 Å². The minimum Gasteiger partial charge on any atom is -0.258 e. The van der Waals surface area contributed by atoms with E-state index in [1.165, 1.54) is 25.3 Å². The van der Waals surface area contributed by atoms with Crippen molar-refractivity contribution in [1.29, 1.82) is 0 Å². The highest BCUT2D eigenvalue weighted by atomic mass is 32.2. The van der Waals surface area contributed by atoms with Crippen molar-refractivity contribution in [2.75, 3.05) is 0 Å². The van der Waals surface area contributed by atoms with E-state index in [4.69, 9.17) is 0 Å². The highest BCUT2D eigenvalue weighted by Crippen LogP contribution is 2.27. The Morgan fingerprint density at radius 2 is 2.35 bits per heavy atom. The molecule has 0 aliphatic heterocycles. The topological polar surface area (TPSA) is 43.1 Å². The number of non-ortho nitro benzene ring substituents is 1. The summed E-state index contributed by atoms with van der Waals surface area (Å²) in [6.45, 7) is 0. The zero-order valence-electron chi connectivity index (χ0n) is 9.54. The van der Waals surface area contributed by atoms with Gasteiger partial charge in [0, 0.05) is 23.1 Å². The van der Waals surface area contributed by atoms with Crippen molar-refractivity contribution in [3.63, 3.8) is 0 Å². The molecule has 1 atom stereocenters. The molecule has 0 heterocycles. The van der Waals surface area contributed by atoms with E-state index in [1.54, 1.807) is 12.1 Å². The monoisotopic (exact) mass is 249 g/mol. The number of hydrogen-bond donors (Lipinski definition) is 0. The molecule has 0 fully saturated rings. The Hall–Kier alpha value is -1.29. The third kappa shape index (κ3) is 3.60. The Morgan fingerprint density at radius 3 is 3.06 bits per heavy atom. The number of allylic oxidation sites excluding steroid dienone is 1. The Labute approximate surface area is 105 Å². The van der Waals surface area contributed by atoms with Crippen LogP contribution in [0.15, 0.2) is 36.4 Å². The first-order valence-corrected chi connectivity index (χ1v) is 6.82. The molecule has 4 heteroatoms. The van der Waals surface area contributed by atoms with Gasteiger partial charge in [-0.1, -0.05) is 24.3 Å². The maximum Gasteiger partial charge on any atom is 0.269 e. The van der Waals surface area contributed by atoms with Crippen molar-refractivity contribution in [3.05, 3.63) is 52.1 Å². The summed E-state index contributed by atoms with van der Waals surface area (Å²) in [5.74, 6) is 0.844. The van der Waals surface area contributed by atoms with Crippen molar-refractivity contribution < 1.29 is 4.92 Å². The summed E-state index contributed by atoms with van der Waals surface area (Å²) in [4.78, 5) is 10.3. The quantitative estimate of drug-likeness (QED) is 0.461. The van der Waals surface area contributed by atoms with Crippen LogP contribution >= 0.6 is 11.8 Å². The van der Waals surface area contributed by atoms with Crippen LogP contribution in [0.3, 0.4) is 0 Å². The molecule has 1 aromatic rings. The van der Waals surface area contributed by atoms with Crippen LogP contribution in [0.1, 0.15) is 24.8 Å². The highest BCUT2D eigenvalue weighted by molar-refractivity contribution is 7.99. The van der Waals surface area contributed by atoms with Gasteiger partial charge < -0.3 is 0 Å². The maximum atomic E-state index is 10.6. The van der Waals surface area contributed by atoms with Gasteiger partial charge in [0.2, 0.25) is 0 Å². The van der Waals surface area contributed by atoms with Crippen molar-refractivity contribution >= 4 is 17.4 Å². The number of rotatable bonds is 4. The van der Waals surface area contributed by atoms with Crippen molar-refractivity contribution in [3.8, 4) is 0 Å². The number of nitrogens with zero attached hydrogens (tertiary/aromatic N) is 1. The van der Waals surface area contributed by atoms with E-state index < -0.39 is 0 Å². The molecule has 0 aromatic heterocycles. The Morgan fingerprint density at radius 1 is 1.47 bits per heavy atom. The van der Waals surface area contributed by atoms with Crippen LogP contribution < -0.4 is 0 Å². The van der Waals surface area contributed by atoms with Gasteiger partial charge >= 0.3 is 0 Å². The first-order chi connectivity index (χ1) is 8.25. The SMILES string of the molecule is O=[N+]([O-])c1cccc(CSC2C=CCCC2)c1. The van der Waals surface area contributed by atoms with Gasteiger partial charge in [0.25, 0.3) is 5.69 Å². The number of nitro groups is 1. The normalized spacial score (nSPS) is 19.2. The minimum atomic E-state index is -0.339. The van der Waals surface area contributed by atoms with E-state index in [-0.39, 0.29) is 10.6 Å². The molecule has 3 nitrogen and oxygen atoms in total. The minimum absolute atomic E-state index is 0.183. The second-order valence-electron chi connectivity index (χ2n) is 4.14. The summed E-state index contributed by atoms with van der Waals surface area (Å²) >= 11 is 1.86. The lowest BCUT2D eigenvalue weighted by atomic mass is 10.1. The predicted octanol–water partition coefficient (Wildman–Crippen LogP) is 3.94. The molecule has 1 aliphatic carbocycles. The second-order valence-corrected chi connectivity index (χ2v) is 5.36.